The van der Waals surface area contributed by atoms with Crippen molar-refractivity contribution >= 4 is 46.0 Å². The summed E-state index contributed by atoms with van der Waals surface area (Å²) in [7, 11) is 0. The summed E-state index contributed by atoms with van der Waals surface area (Å²) in [4.78, 5) is 20.8. The third-order valence-electron chi connectivity index (χ3n) is 2.94. The van der Waals surface area contributed by atoms with E-state index in [0.29, 0.717) is 12.8 Å². The van der Waals surface area contributed by atoms with Gasteiger partial charge in [-0.25, -0.2) is 0 Å². The van der Waals surface area contributed by atoms with E-state index >= 15 is 0 Å². The van der Waals surface area contributed by atoms with E-state index in [4.69, 9.17) is 57.5 Å². The number of hydrogen-bond acceptors (Lipinski definition) is 4. The number of halogens is 3. The molecule has 144 valence electrons. The molecule has 0 fully saturated rings. The van der Waals surface area contributed by atoms with E-state index in [-0.39, 0.29) is 0 Å². The minimum atomic E-state index is -0.889. The Morgan fingerprint density at radius 2 is 1.48 bits per heavy atom. The van der Waals surface area contributed by atoms with Gasteiger partial charge in [0.25, 0.3) is 0 Å². The van der Waals surface area contributed by atoms with E-state index < -0.39 is 33.2 Å². The van der Waals surface area contributed by atoms with Crippen LogP contribution in [0.2, 0.25) is 0 Å². The molecule has 0 heterocycles. The highest BCUT2D eigenvalue weighted by Crippen LogP contribution is 2.15. The zero-order valence-corrected chi connectivity index (χ0v) is 17.8. The van der Waals surface area contributed by atoms with Gasteiger partial charge in [-0.3, -0.25) is 9.59 Å². The molecule has 0 aromatic carbocycles. The number of hydrogen-bond donors (Lipinski definition) is 1. The summed E-state index contributed by atoms with van der Waals surface area (Å²) >= 11 is 15.5. The molecule has 25 heavy (non-hydrogen) atoms. The molecule has 0 saturated heterocycles. The Bertz CT molecular complexity index is 488. The topological polar surface area (TPSA) is 63.6 Å². The lowest BCUT2D eigenvalue weighted by Crippen LogP contribution is -2.31. The molecule has 0 amide bonds. The lowest BCUT2D eigenvalue weighted by molar-refractivity contribution is -0.152. The lowest BCUT2D eigenvalue weighted by Gasteiger charge is -2.22. The fourth-order valence-corrected chi connectivity index (χ4v) is 0.654. The van der Waals surface area contributed by atoms with Gasteiger partial charge in [0.1, 0.15) is 16.4 Å². The Morgan fingerprint density at radius 3 is 1.60 bits per heavy atom. The zero-order chi connectivity index (χ0) is 20.8. The maximum Gasteiger partial charge on any atom is 0.325 e. The monoisotopic (exact) mass is 412 g/mol. The second-order valence-corrected chi connectivity index (χ2v) is 7.14. The van der Waals surface area contributed by atoms with Crippen molar-refractivity contribution in [1.29, 1.82) is 0 Å². The van der Waals surface area contributed by atoms with Crippen LogP contribution in [0.5, 0.6) is 0 Å². The molecule has 0 spiro atoms. The quantitative estimate of drug-likeness (QED) is 0.319. The Balaban J connectivity index is -0.000000317. The largest absolute Gasteiger partial charge is 0.445 e. The van der Waals surface area contributed by atoms with Crippen LogP contribution < -0.4 is 0 Å². The average Bonchev–Trinajstić information content (AvgIpc) is 2.55. The zero-order valence-electron chi connectivity index (χ0n) is 15.5. The van der Waals surface area contributed by atoms with Gasteiger partial charge in [0.2, 0.25) is 5.24 Å². The van der Waals surface area contributed by atoms with Crippen LogP contribution in [0.1, 0.15) is 54.4 Å². The Morgan fingerprint density at radius 1 is 1.08 bits per heavy atom. The third kappa shape index (κ3) is 17.7. The molecule has 7 heteroatoms. The van der Waals surface area contributed by atoms with Gasteiger partial charge in [0.15, 0.2) is 5.60 Å². The van der Waals surface area contributed by atoms with Gasteiger partial charge in [-0.1, -0.05) is 25.7 Å². The van der Waals surface area contributed by atoms with Gasteiger partial charge in [-0.05, 0) is 52.1 Å². The van der Waals surface area contributed by atoms with Crippen LogP contribution in [-0.4, -0.2) is 38.3 Å². The van der Waals surface area contributed by atoms with E-state index in [0.717, 1.165) is 0 Å². The van der Waals surface area contributed by atoms with Crippen molar-refractivity contribution in [2.24, 2.45) is 0 Å². The standard InChI is InChI=1S/C9H13ClO2.C6H10O.C3H4Cl2O/c1-5-9(4,6-2)12-8(11)7(3)10;1-4-6(3,7)5-2;1-2(4)3(5)6/h1,7H,6H2,2-4H3;1,7H,5H2,2-3H3;2H,1H3. The summed E-state index contributed by atoms with van der Waals surface area (Å²) in [5.41, 5.74) is -1.71. The molecule has 4 unspecified atom stereocenters. The van der Waals surface area contributed by atoms with Gasteiger partial charge >= 0.3 is 5.97 Å². The highest BCUT2D eigenvalue weighted by Gasteiger charge is 2.25. The molecule has 0 rings (SSSR count). The summed E-state index contributed by atoms with van der Waals surface area (Å²) in [5.74, 6) is 4.19. The van der Waals surface area contributed by atoms with Crippen LogP contribution in [-0.2, 0) is 14.3 Å². The van der Waals surface area contributed by atoms with Crippen LogP contribution in [0, 0.1) is 24.7 Å². The molecule has 0 saturated carbocycles. The first kappa shape index (κ1) is 28.9. The number of carbonyl (C=O) groups excluding carboxylic acids is 2. The average molecular weight is 414 g/mol. The second kappa shape index (κ2) is 14.3. The van der Waals surface area contributed by atoms with Gasteiger partial charge < -0.3 is 9.84 Å². The fourth-order valence-electron chi connectivity index (χ4n) is 0.609. The number of rotatable bonds is 5. The molecular weight excluding hydrogens is 387 g/mol. The van der Waals surface area contributed by atoms with Gasteiger partial charge in [-0.2, -0.15) is 0 Å². The minimum Gasteiger partial charge on any atom is -0.445 e. The first-order valence-corrected chi connectivity index (χ1v) is 8.85. The molecule has 0 aromatic rings. The molecule has 0 aliphatic heterocycles. The van der Waals surface area contributed by atoms with E-state index in [2.05, 4.69) is 11.8 Å². The summed E-state index contributed by atoms with van der Waals surface area (Å²) in [5, 5.41) is 7.19. The van der Waals surface area contributed by atoms with Crippen LogP contribution in [0.15, 0.2) is 0 Å². The predicted octanol–water partition coefficient (Wildman–Crippen LogP) is 4.12. The smallest absolute Gasteiger partial charge is 0.325 e. The SMILES string of the molecule is C#CC(C)(CC)OC(=O)C(C)Cl.C#CC(C)(O)CC.CC(Cl)C(=O)Cl. The van der Waals surface area contributed by atoms with Crippen LogP contribution in [0.3, 0.4) is 0 Å². The van der Waals surface area contributed by atoms with Crippen molar-refractivity contribution in [1.82, 2.24) is 0 Å². The summed E-state index contributed by atoms with van der Waals surface area (Å²) in [6.45, 7) is 10.1. The Kier molecular flexibility index (Phi) is 16.5. The maximum atomic E-state index is 11.0. The van der Waals surface area contributed by atoms with E-state index in [1.807, 2.05) is 13.8 Å². The molecule has 1 N–H and O–H groups in total. The van der Waals surface area contributed by atoms with Gasteiger partial charge in [0, 0.05) is 0 Å². The van der Waals surface area contributed by atoms with Crippen LogP contribution in [0.25, 0.3) is 0 Å². The maximum absolute atomic E-state index is 11.0. The summed E-state index contributed by atoms with van der Waals surface area (Å²) < 4.78 is 4.99. The molecule has 0 aromatic heterocycles. The Labute approximate surface area is 166 Å². The van der Waals surface area contributed by atoms with Crippen molar-refractivity contribution in [2.75, 3.05) is 0 Å². The fraction of sp³-hybridized carbons (Fsp3) is 0.667. The normalized spacial score (nSPS) is 16.5. The second-order valence-electron chi connectivity index (χ2n) is 5.46. The Hall–Kier alpha value is -0.910. The van der Waals surface area contributed by atoms with E-state index in [1.165, 1.54) is 6.92 Å². The molecule has 0 radical (unpaired) electrons. The lowest BCUT2D eigenvalue weighted by atomic mass is 10.1. The number of aliphatic hydroxyl groups is 1. The van der Waals surface area contributed by atoms with Crippen molar-refractivity contribution in [2.45, 2.75) is 76.3 Å². The van der Waals surface area contributed by atoms with Crippen molar-refractivity contribution in [3.05, 3.63) is 0 Å². The summed E-state index contributed by atoms with van der Waals surface area (Å²) in [6, 6.07) is 0. The molecule has 4 nitrogen and oxygen atoms in total. The molecular formula is C18H27Cl3O4. The molecule has 0 aliphatic carbocycles. The van der Waals surface area contributed by atoms with Gasteiger partial charge in [-0.15, -0.1) is 36.0 Å². The van der Waals surface area contributed by atoms with Crippen molar-refractivity contribution in [3.63, 3.8) is 0 Å². The molecule has 0 bridgehead atoms. The predicted molar refractivity (Wildman–Crippen MR) is 105 cm³/mol. The highest BCUT2D eigenvalue weighted by atomic mass is 35.5. The minimum absolute atomic E-state index is 0.473. The third-order valence-corrected chi connectivity index (χ3v) is 3.76. The number of esters is 1. The highest BCUT2D eigenvalue weighted by molar-refractivity contribution is 6.69. The van der Waals surface area contributed by atoms with E-state index in [1.54, 1.807) is 20.8 Å². The summed E-state index contributed by atoms with van der Waals surface area (Å²) in [6.07, 6.45) is 11.3. The van der Waals surface area contributed by atoms with Crippen LogP contribution >= 0.6 is 34.8 Å². The molecule has 4 atom stereocenters. The molecule has 0 aliphatic rings. The number of carbonyl (C=O) groups is 2. The van der Waals surface area contributed by atoms with Gasteiger partial charge in [0.05, 0.1) is 0 Å². The number of ether oxygens (including phenoxy) is 1. The van der Waals surface area contributed by atoms with Crippen molar-refractivity contribution < 1.29 is 19.4 Å². The van der Waals surface area contributed by atoms with E-state index in [9.17, 15) is 9.59 Å². The van der Waals surface area contributed by atoms with Crippen molar-refractivity contribution in [3.8, 4) is 24.7 Å². The first-order chi connectivity index (χ1) is 11.2. The first-order valence-electron chi connectivity index (χ1n) is 7.60. The van der Waals surface area contributed by atoms with Crippen LogP contribution in [0.4, 0.5) is 0 Å². The number of alkyl halides is 2. The number of terminal acetylenes is 2.